The van der Waals surface area contributed by atoms with Gasteiger partial charge in [-0.25, -0.2) is 9.67 Å². The van der Waals surface area contributed by atoms with Gasteiger partial charge in [-0.3, -0.25) is 0 Å². The highest BCUT2D eigenvalue weighted by atomic mass is 16.3. The first-order chi connectivity index (χ1) is 11.3. The predicted octanol–water partition coefficient (Wildman–Crippen LogP) is 2.26. The van der Waals surface area contributed by atoms with E-state index >= 15 is 0 Å². The second-order valence-electron chi connectivity index (χ2n) is 5.14. The van der Waals surface area contributed by atoms with Crippen LogP contribution in [0.1, 0.15) is 0 Å². The fraction of sp³-hybridized carbons (Fsp3) is 0.125. The van der Waals surface area contributed by atoms with Crippen LogP contribution in [0.5, 0.6) is 0 Å². The standard InChI is InChI=1S/C16H15N5O2/c17-15-13(16-18-10-4-1-2-5-11(10)19-16)14(12-6-3-9-23-12)20-21(15)7-8-22/h1-6,9,22H,7-8,17H2,(H,18,19). The first-order valence-electron chi connectivity index (χ1n) is 7.24. The molecular formula is C16H15N5O2. The van der Waals surface area contributed by atoms with Crippen LogP contribution in [0.25, 0.3) is 33.9 Å². The molecule has 0 bridgehead atoms. The Morgan fingerprint density at radius 1 is 1.22 bits per heavy atom. The summed E-state index contributed by atoms with van der Waals surface area (Å²) in [7, 11) is 0. The smallest absolute Gasteiger partial charge is 0.154 e. The number of nitrogens with two attached hydrogens (primary N) is 1. The van der Waals surface area contributed by atoms with Gasteiger partial charge >= 0.3 is 0 Å². The number of fused-ring (bicyclic) bond motifs is 1. The molecular weight excluding hydrogens is 294 g/mol. The normalized spacial score (nSPS) is 11.3. The van der Waals surface area contributed by atoms with Crippen molar-refractivity contribution in [2.75, 3.05) is 12.3 Å². The maximum absolute atomic E-state index is 9.20. The van der Waals surface area contributed by atoms with Gasteiger partial charge in [-0.2, -0.15) is 5.10 Å². The fourth-order valence-corrected chi connectivity index (χ4v) is 2.63. The van der Waals surface area contributed by atoms with E-state index in [0.29, 0.717) is 35.2 Å². The highest BCUT2D eigenvalue weighted by Crippen LogP contribution is 2.35. The van der Waals surface area contributed by atoms with Crippen molar-refractivity contribution in [1.82, 2.24) is 19.7 Å². The van der Waals surface area contributed by atoms with Crippen LogP contribution in [0.15, 0.2) is 47.1 Å². The second kappa shape index (κ2) is 5.29. The highest BCUT2D eigenvalue weighted by molar-refractivity contribution is 5.88. The Morgan fingerprint density at radius 2 is 2.09 bits per heavy atom. The molecule has 0 unspecified atom stereocenters. The number of aromatic amines is 1. The topological polar surface area (TPSA) is 106 Å². The molecule has 0 spiro atoms. The third-order valence-corrected chi connectivity index (χ3v) is 3.68. The summed E-state index contributed by atoms with van der Waals surface area (Å²) in [5.74, 6) is 1.66. The van der Waals surface area contributed by atoms with Crippen molar-refractivity contribution in [2.24, 2.45) is 0 Å². The summed E-state index contributed by atoms with van der Waals surface area (Å²) in [6.07, 6.45) is 1.58. The average Bonchev–Trinajstić information content (AvgIpc) is 3.26. The fourth-order valence-electron chi connectivity index (χ4n) is 2.63. The summed E-state index contributed by atoms with van der Waals surface area (Å²) in [5.41, 5.74) is 9.27. The Labute approximate surface area is 131 Å². The molecule has 0 aliphatic heterocycles. The number of nitrogen functional groups attached to an aromatic ring is 1. The molecule has 0 fully saturated rings. The van der Waals surface area contributed by atoms with Gasteiger partial charge in [0, 0.05) is 0 Å². The van der Waals surface area contributed by atoms with Crippen molar-refractivity contribution in [3.8, 4) is 22.8 Å². The summed E-state index contributed by atoms with van der Waals surface area (Å²) in [6.45, 7) is 0.253. The van der Waals surface area contributed by atoms with Crippen LogP contribution in [0.2, 0.25) is 0 Å². The van der Waals surface area contributed by atoms with Gasteiger partial charge in [-0.15, -0.1) is 0 Å². The molecule has 0 aliphatic rings. The van der Waals surface area contributed by atoms with Crippen molar-refractivity contribution < 1.29 is 9.52 Å². The summed E-state index contributed by atoms with van der Waals surface area (Å²) in [5, 5.41) is 13.7. The number of aliphatic hydroxyl groups excluding tert-OH is 1. The van der Waals surface area contributed by atoms with Crippen LogP contribution < -0.4 is 5.73 Å². The molecule has 1 aromatic carbocycles. The quantitative estimate of drug-likeness (QED) is 0.536. The van der Waals surface area contributed by atoms with Gasteiger partial charge in [-0.05, 0) is 24.3 Å². The number of hydrogen-bond donors (Lipinski definition) is 3. The van der Waals surface area contributed by atoms with E-state index in [9.17, 15) is 5.11 Å². The molecule has 0 atom stereocenters. The van der Waals surface area contributed by atoms with Crippen LogP contribution in [0.4, 0.5) is 5.82 Å². The molecule has 116 valence electrons. The van der Waals surface area contributed by atoms with Crippen LogP contribution in [-0.4, -0.2) is 31.5 Å². The number of imidazole rings is 1. The molecule has 0 saturated carbocycles. The van der Waals surface area contributed by atoms with Gasteiger partial charge in [0.05, 0.1) is 36.0 Å². The molecule has 0 aliphatic carbocycles. The zero-order chi connectivity index (χ0) is 15.8. The molecule has 23 heavy (non-hydrogen) atoms. The Hall–Kier alpha value is -3.06. The molecule has 4 N–H and O–H groups in total. The van der Waals surface area contributed by atoms with E-state index in [1.165, 1.54) is 0 Å². The summed E-state index contributed by atoms with van der Waals surface area (Å²) < 4.78 is 7.02. The van der Waals surface area contributed by atoms with Crippen LogP contribution in [0, 0.1) is 0 Å². The predicted molar refractivity (Wildman–Crippen MR) is 86.5 cm³/mol. The minimum atomic E-state index is -0.0525. The van der Waals surface area contributed by atoms with E-state index in [4.69, 9.17) is 10.2 Å². The Bertz CT molecular complexity index is 919. The van der Waals surface area contributed by atoms with Gasteiger partial charge in [0.25, 0.3) is 0 Å². The molecule has 7 heteroatoms. The van der Waals surface area contributed by atoms with Gasteiger partial charge < -0.3 is 20.2 Å². The zero-order valence-corrected chi connectivity index (χ0v) is 12.2. The van der Waals surface area contributed by atoms with Crippen LogP contribution in [0.3, 0.4) is 0 Å². The van der Waals surface area contributed by atoms with E-state index in [1.54, 1.807) is 17.0 Å². The Balaban J connectivity index is 1.95. The maximum atomic E-state index is 9.20. The lowest BCUT2D eigenvalue weighted by molar-refractivity contribution is 0.270. The van der Waals surface area contributed by atoms with Crippen LogP contribution in [-0.2, 0) is 6.54 Å². The average molecular weight is 309 g/mol. The van der Waals surface area contributed by atoms with E-state index in [0.717, 1.165) is 11.0 Å². The van der Waals surface area contributed by atoms with Crippen molar-refractivity contribution in [2.45, 2.75) is 6.54 Å². The number of hydrogen-bond acceptors (Lipinski definition) is 5. The van der Waals surface area contributed by atoms with Gasteiger partial charge in [0.2, 0.25) is 0 Å². The van der Waals surface area contributed by atoms with Gasteiger partial charge in [0.1, 0.15) is 17.3 Å². The lowest BCUT2D eigenvalue weighted by atomic mass is 10.2. The molecule has 3 heterocycles. The number of nitrogens with one attached hydrogen (secondary N) is 1. The largest absolute Gasteiger partial charge is 0.463 e. The summed E-state index contributed by atoms with van der Waals surface area (Å²) >= 11 is 0. The summed E-state index contributed by atoms with van der Waals surface area (Å²) in [4.78, 5) is 7.86. The Morgan fingerprint density at radius 3 is 2.83 bits per heavy atom. The van der Waals surface area contributed by atoms with Crippen LogP contribution >= 0.6 is 0 Å². The number of anilines is 1. The SMILES string of the molecule is Nc1c(-c2nc3ccccc3[nH]2)c(-c2ccco2)nn1CCO. The van der Waals surface area contributed by atoms with Crippen molar-refractivity contribution in [3.63, 3.8) is 0 Å². The number of rotatable bonds is 4. The third-order valence-electron chi connectivity index (χ3n) is 3.68. The molecule has 4 rings (SSSR count). The minimum Gasteiger partial charge on any atom is -0.463 e. The number of benzene rings is 1. The first-order valence-corrected chi connectivity index (χ1v) is 7.24. The number of H-pyrrole nitrogens is 1. The monoisotopic (exact) mass is 309 g/mol. The number of aliphatic hydroxyl groups is 1. The molecule has 0 amide bonds. The molecule has 0 radical (unpaired) electrons. The molecule has 4 aromatic rings. The first kappa shape index (κ1) is 13.6. The Kier molecular flexibility index (Phi) is 3.13. The van der Waals surface area contributed by atoms with E-state index in [-0.39, 0.29) is 6.61 Å². The molecule has 3 aromatic heterocycles. The van der Waals surface area contributed by atoms with E-state index in [2.05, 4.69) is 15.1 Å². The zero-order valence-electron chi connectivity index (χ0n) is 12.2. The van der Waals surface area contributed by atoms with Crippen molar-refractivity contribution >= 4 is 16.9 Å². The molecule has 0 saturated heterocycles. The van der Waals surface area contributed by atoms with E-state index in [1.807, 2.05) is 30.3 Å². The van der Waals surface area contributed by atoms with Gasteiger partial charge in [0.15, 0.2) is 5.76 Å². The highest BCUT2D eigenvalue weighted by Gasteiger charge is 2.22. The van der Waals surface area contributed by atoms with E-state index < -0.39 is 0 Å². The molecule has 7 nitrogen and oxygen atoms in total. The number of furan rings is 1. The number of aromatic nitrogens is 4. The number of nitrogens with zero attached hydrogens (tertiary/aromatic N) is 3. The second-order valence-corrected chi connectivity index (χ2v) is 5.14. The number of para-hydroxylation sites is 2. The lowest BCUT2D eigenvalue weighted by Gasteiger charge is -2.01. The summed E-state index contributed by atoms with van der Waals surface area (Å²) in [6, 6.07) is 11.4. The third kappa shape index (κ3) is 2.18. The minimum absolute atomic E-state index is 0.0525. The van der Waals surface area contributed by atoms with Crippen molar-refractivity contribution in [1.29, 1.82) is 0 Å². The maximum Gasteiger partial charge on any atom is 0.154 e. The lowest BCUT2D eigenvalue weighted by Crippen LogP contribution is -2.07. The van der Waals surface area contributed by atoms with Gasteiger partial charge in [-0.1, -0.05) is 12.1 Å². The van der Waals surface area contributed by atoms with Crippen molar-refractivity contribution in [3.05, 3.63) is 42.7 Å².